The Morgan fingerprint density at radius 2 is 1.75 bits per heavy atom. The zero-order valence-corrected chi connectivity index (χ0v) is 19.4. The molecule has 0 radical (unpaired) electrons. The van der Waals surface area contributed by atoms with E-state index >= 15 is 0 Å². The summed E-state index contributed by atoms with van der Waals surface area (Å²) < 4.78 is 18.2. The van der Waals surface area contributed by atoms with Crippen molar-refractivity contribution in [1.29, 1.82) is 5.41 Å². The molecule has 0 aliphatic heterocycles. The van der Waals surface area contributed by atoms with Gasteiger partial charge in [-0.25, -0.2) is 9.97 Å². The Morgan fingerprint density at radius 3 is 2.38 bits per heavy atom. The Labute approximate surface area is 194 Å². The third-order valence-corrected chi connectivity index (χ3v) is 6.02. The minimum absolute atomic E-state index is 0.145. The predicted molar refractivity (Wildman–Crippen MR) is 123 cm³/mol. The van der Waals surface area contributed by atoms with Gasteiger partial charge in [0, 0.05) is 16.5 Å². The number of methoxy groups -OCH3 is 3. The van der Waals surface area contributed by atoms with Gasteiger partial charge in [0.25, 0.3) is 0 Å². The molecule has 8 nitrogen and oxygen atoms in total. The van der Waals surface area contributed by atoms with Gasteiger partial charge in [0.15, 0.2) is 27.8 Å². The monoisotopic (exact) mass is 471 g/mol. The third-order valence-electron chi connectivity index (χ3n) is 4.91. The number of H-pyrrole nitrogens is 1. The normalized spacial score (nSPS) is 11.0. The number of halogens is 1. The maximum absolute atomic E-state index is 8.18. The van der Waals surface area contributed by atoms with Crippen molar-refractivity contribution >= 4 is 34.5 Å². The van der Waals surface area contributed by atoms with Crippen molar-refractivity contribution in [3.05, 3.63) is 58.8 Å². The Balaban J connectivity index is 1.63. The van der Waals surface area contributed by atoms with E-state index in [-0.39, 0.29) is 5.49 Å². The minimum atomic E-state index is 0.145. The second-order valence-electron chi connectivity index (χ2n) is 6.87. The number of ether oxygens (including phenoxy) is 3. The van der Waals surface area contributed by atoms with Crippen LogP contribution in [-0.2, 0) is 13.0 Å². The second-order valence-corrected chi connectivity index (χ2v) is 8.37. The molecule has 2 N–H and O–H groups in total. The number of hydrogen-bond donors (Lipinski definition) is 2. The van der Waals surface area contributed by atoms with Gasteiger partial charge in [-0.1, -0.05) is 35.5 Å². The van der Waals surface area contributed by atoms with Crippen molar-refractivity contribution < 1.29 is 14.2 Å². The lowest BCUT2D eigenvalue weighted by atomic mass is 10.1. The molecule has 0 amide bonds. The number of imidazole rings is 1. The molecular weight excluding hydrogens is 450 g/mol. The quantitative estimate of drug-likeness (QED) is 0.397. The van der Waals surface area contributed by atoms with Crippen molar-refractivity contribution in [2.24, 2.45) is 0 Å². The molecule has 166 valence electrons. The Bertz CT molecular complexity index is 1280. The van der Waals surface area contributed by atoms with E-state index in [0.717, 1.165) is 16.9 Å². The smallest absolute Gasteiger partial charge is 0.203 e. The van der Waals surface area contributed by atoms with Crippen molar-refractivity contribution in [1.82, 2.24) is 19.5 Å². The molecule has 0 aliphatic rings. The van der Waals surface area contributed by atoms with E-state index in [0.29, 0.717) is 45.1 Å². The fraction of sp³-hybridized carbons (Fsp3) is 0.227. The van der Waals surface area contributed by atoms with E-state index in [2.05, 4.69) is 9.97 Å². The molecule has 2 aromatic carbocycles. The van der Waals surface area contributed by atoms with Gasteiger partial charge >= 0.3 is 0 Å². The van der Waals surface area contributed by atoms with E-state index in [1.807, 2.05) is 41.0 Å². The fourth-order valence-corrected chi connectivity index (χ4v) is 4.27. The van der Waals surface area contributed by atoms with E-state index in [9.17, 15) is 0 Å². The standard InChI is InChI=1S/C22H22ClN5O3S/c1-29-16-10-15(11-17(30-2)19(16)31-3)32-22-26-18-20(24)25-12-28(21(18)27-22)9-8-13-4-6-14(23)7-5-13/h4-7,10-12,24H,8-9H2,1-3H3,(H,26,27). The van der Waals surface area contributed by atoms with E-state index in [1.54, 1.807) is 27.7 Å². The SMILES string of the molecule is COc1cc(Sc2nc3c([nH]2)c(=N)ncn3CCc2ccc(Cl)cc2)cc(OC)c1OC. The third kappa shape index (κ3) is 4.53. The first-order chi connectivity index (χ1) is 15.5. The number of fused-ring (bicyclic) bond motifs is 1. The second kappa shape index (κ2) is 9.54. The summed E-state index contributed by atoms with van der Waals surface area (Å²) in [6, 6.07) is 11.5. The molecule has 0 atom stereocenters. The van der Waals surface area contributed by atoms with Crippen molar-refractivity contribution in [2.45, 2.75) is 23.0 Å². The number of nitrogens with one attached hydrogen (secondary N) is 2. The number of benzene rings is 2. The van der Waals surface area contributed by atoms with Gasteiger partial charge in [0.05, 0.1) is 27.7 Å². The molecule has 4 rings (SSSR count). The van der Waals surface area contributed by atoms with Crippen LogP contribution < -0.4 is 19.7 Å². The first kappa shape index (κ1) is 22.0. The zero-order valence-electron chi connectivity index (χ0n) is 17.8. The summed E-state index contributed by atoms with van der Waals surface area (Å²) in [4.78, 5) is 13.0. The molecular formula is C22H22ClN5O3S. The van der Waals surface area contributed by atoms with E-state index in [4.69, 9.17) is 36.2 Å². The molecule has 0 saturated heterocycles. The zero-order chi connectivity index (χ0) is 22.7. The molecule has 0 bridgehead atoms. The van der Waals surface area contributed by atoms with Crippen LogP contribution in [0.4, 0.5) is 0 Å². The van der Waals surface area contributed by atoms with Crippen LogP contribution in [0.25, 0.3) is 11.2 Å². The highest BCUT2D eigenvalue weighted by Gasteiger charge is 2.16. The lowest BCUT2D eigenvalue weighted by Crippen LogP contribution is -2.13. The van der Waals surface area contributed by atoms with Crippen LogP contribution in [0.15, 0.2) is 52.8 Å². The molecule has 0 aliphatic carbocycles. The summed E-state index contributed by atoms with van der Waals surface area (Å²) in [6.45, 7) is 0.671. The summed E-state index contributed by atoms with van der Waals surface area (Å²) in [5.74, 6) is 1.65. The first-order valence-corrected chi connectivity index (χ1v) is 10.9. The van der Waals surface area contributed by atoms with Crippen LogP contribution in [0.1, 0.15) is 5.56 Å². The van der Waals surface area contributed by atoms with Crippen LogP contribution in [0.2, 0.25) is 5.02 Å². The number of nitrogens with zero attached hydrogens (tertiary/aromatic N) is 3. The van der Waals surface area contributed by atoms with Crippen LogP contribution in [-0.4, -0.2) is 40.8 Å². The summed E-state index contributed by atoms with van der Waals surface area (Å²) in [5.41, 5.74) is 2.56. The van der Waals surface area contributed by atoms with Gasteiger partial charge in [-0.05, 0) is 36.2 Å². The number of aromatic amines is 1. The van der Waals surface area contributed by atoms with Gasteiger partial charge in [-0.15, -0.1) is 0 Å². The Kier molecular flexibility index (Phi) is 6.57. The van der Waals surface area contributed by atoms with Gasteiger partial charge in [-0.3, -0.25) is 5.41 Å². The maximum Gasteiger partial charge on any atom is 0.203 e. The summed E-state index contributed by atoms with van der Waals surface area (Å²) in [7, 11) is 4.72. The average Bonchev–Trinajstić information content (AvgIpc) is 3.23. The molecule has 0 unspecified atom stereocenters. The predicted octanol–water partition coefficient (Wildman–Crippen LogP) is 4.31. The Hall–Kier alpha value is -3.17. The highest BCUT2D eigenvalue weighted by molar-refractivity contribution is 7.99. The molecule has 0 spiro atoms. The molecule has 4 aromatic rings. The molecule has 2 aromatic heterocycles. The number of aromatic nitrogens is 4. The molecule has 10 heteroatoms. The van der Waals surface area contributed by atoms with Crippen molar-refractivity contribution in [3.8, 4) is 17.2 Å². The molecule has 32 heavy (non-hydrogen) atoms. The van der Waals surface area contributed by atoms with Crippen LogP contribution >= 0.6 is 23.4 Å². The summed E-state index contributed by atoms with van der Waals surface area (Å²) >= 11 is 7.38. The average molecular weight is 472 g/mol. The fourth-order valence-electron chi connectivity index (χ4n) is 3.30. The summed E-state index contributed by atoms with van der Waals surface area (Å²) in [6.07, 6.45) is 2.44. The first-order valence-electron chi connectivity index (χ1n) is 9.74. The lowest BCUT2D eigenvalue weighted by Gasteiger charge is -2.13. The largest absolute Gasteiger partial charge is 0.493 e. The number of rotatable bonds is 8. The van der Waals surface area contributed by atoms with Crippen LogP contribution in [0.3, 0.4) is 0 Å². The van der Waals surface area contributed by atoms with E-state index < -0.39 is 0 Å². The van der Waals surface area contributed by atoms with Gasteiger partial charge in [0.1, 0.15) is 5.52 Å². The highest BCUT2D eigenvalue weighted by Crippen LogP contribution is 2.42. The minimum Gasteiger partial charge on any atom is -0.493 e. The summed E-state index contributed by atoms with van der Waals surface area (Å²) in [5, 5.41) is 9.53. The van der Waals surface area contributed by atoms with Crippen molar-refractivity contribution in [2.75, 3.05) is 21.3 Å². The highest BCUT2D eigenvalue weighted by atomic mass is 35.5. The molecule has 0 fully saturated rings. The Morgan fingerprint density at radius 1 is 1.06 bits per heavy atom. The lowest BCUT2D eigenvalue weighted by molar-refractivity contribution is 0.323. The topological polar surface area (TPSA) is 98.0 Å². The molecule has 2 heterocycles. The van der Waals surface area contributed by atoms with Gasteiger partial charge in [0.2, 0.25) is 5.75 Å². The van der Waals surface area contributed by atoms with E-state index in [1.165, 1.54) is 11.8 Å². The number of hydrogen-bond acceptors (Lipinski definition) is 7. The molecule has 0 saturated carbocycles. The van der Waals surface area contributed by atoms with Crippen LogP contribution in [0.5, 0.6) is 17.2 Å². The van der Waals surface area contributed by atoms with Gasteiger partial charge in [-0.2, -0.15) is 0 Å². The maximum atomic E-state index is 8.18. The van der Waals surface area contributed by atoms with Crippen LogP contribution in [0, 0.1) is 5.41 Å². The van der Waals surface area contributed by atoms with Crippen molar-refractivity contribution in [3.63, 3.8) is 0 Å². The van der Waals surface area contributed by atoms with Gasteiger partial charge < -0.3 is 23.8 Å². The number of aryl methyl sites for hydroxylation is 2.